The van der Waals surface area contributed by atoms with Crippen LogP contribution in [0.4, 0.5) is 0 Å². The molecule has 1 aromatic heterocycles. The summed E-state index contributed by atoms with van der Waals surface area (Å²) in [5.41, 5.74) is 6.77. The number of carboxylic acid groups (broad SMARTS) is 1. The zero-order chi connectivity index (χ0) is 33.5. The van der Waals surface area contributed by atoms with Crippen molar-refractivity contribution in [2.24, 2.45) is 5.92 Å². The number of rotatable bonds is 13. The zero-order valence-corrected chi connectivity index (χ0v) is 28.2. The first-order chi connectivity index (χ1) is 23.4. The van der Waals surface area contributed by atoms with Crippen molar-refractivity contribution in [2.45, 2.75) is 62.2 Å². The zero-order valence-electron chi connectivity index (χ0n) is 26.6. The van der Waals surface area contributed by atoms with Crippen molar-refractivity contribution in [3.8, 4) is 11.1 Å². The maximum atomic E-state index is 12.3. The molecule has 48 heavy (non-hydrogen) atoms. The predicted octanol–water partition coefficient (Wildman–Crippen LogP) is 7.91. The van der Waals surface area contributed by atoms with Crippen LogP contribution >= 0.6 is 23.1 Å². The Balaban J connectivity index is 1.19. The van der Waals surface area contributed by atoms with E-state index in [1.807, 2.05) is 91.0 Å². The van der Waals surface area contributed by atoms with Crippen molar-refractivity contribution in [3.63, 3.8) is 0 Å². The molecule has 1 aliphatic heterocycles. The van der Waals surface area contributed by atoms with Gasteiger partial charge in [-0.2, -0.15) is 0 Å². The lowest BCUT2D eigenvalue weighted by molar-refractivity contribution is -0.268. The van der Waals surface area contributed by atoms with Crippen LogP contribution in [0.2, 0.25) is 0 Å². The van der Waals surface area contributed by atoms with Crippen LogP contribution in [-0.2, 0) is 32.2 Å². The Labute approximate surface area is 288 Å². The highest BCUT2D eigenvalue weighted by molar-refractivity contribution is 8.01. The molecule has 1 aliphatic rings. The SMILES string of the molecule is C[C@H]1[C@@H](CSc2nc3ccccc3s2)O[C@@H](c2ccc(-c3ccccc3CNC(=O)CCCC(=O)O)cc2)O[C@H]1c1ccc(CO)cc1. The van der Waals surface area contributed by atoms with Crippen LogP contribution in [0.5, 0.6) is 0 Å². The molecule has 8 nitrogen and oxygen atoms in total. The summed E-state index contributed by atoms with van der Waals surface area (Å²) in [6.45, 7) is 2.50. The molecule has 1 amide bonds. The van der Waals surface area contributed by atoms with Crippen molar-refractivity contribution in [1.82, 2.24) is 10.3 Å². The molecule has 0 unspecified atom stereocenters. The van der Waals surface area contributed by atoms with Gasteiger partial charge in [-0.05, 0) is 46.4 Å². The first-order valence-corrected chi connectivity index (χ1v) is 17.8. The summed E-state index contributed by atoms with van der Waals surface area (Å²) in [7, 11) is 0. The third-order valence-corrected chi connectivity index (χ3v) is 10.8. The molecule has 6 rings (SSSR count). The van der Waals surface area contributed by atoms with E-state index in [2.05, 4.69) is 18.3 Å². The second-order valence-corrected chi connectivity index (χ2v) is 14.2. The molecule has 248 valence electrons. The minimum atomic E-state index is -0.902. The van der Waals surface area contributed by atoms with Crippen LogP contribution in [0, 0.1) is 5.92 Å². The second-order valence-electron chi connectivity index (χ2n) is 11.9. The standard InChI is InChI=1S/C38H38N2O6S2/c1-24-32(23-47-38-40-31-9-4-5-10-33(31)48-38)45-37(46-36(24)27-15-13-25(22-41)14-16-27)28-19-17-26(18-20-28)30-8-3-2-7-29(30)21-39-34(42)11-6-12-35(43)44/h2-5,7-10,13-20,24,32,36-37,41H,6,11-12,21-23H2,1H3,(H,39,42)(H,43,44)/t24-,32+,36+,37+/m0/s1. The summed E-state index contributed by atoms with van der Waals surface area (Å²) in [5.74, 6) is -0.284. The maximum absolute atomic E-state index is 12.3. The van der Waals surface area contributed by atoms with Gasteiger partial charge in [0.25, 0.3) is 0 Å². The molecule has 3 N–H and O–H groups in total. The van der Waals surface area contributed by atoms with Crippen molar-refractivity contribution in [1.29, 1.82) is 0 Å². The lowest BCUT2D eigenvalue weighted by Gasteiger charge is -2.41. The maximum Gasteiger partial charge on any atom is 0.303 e. The number of nitrogens with zero attached hydrogens (tertiary/aromatic N) is 1. The number of amides is 1. The van der Waals surface area contributed by atoms with E-state index in [1.165, 1.54) is 4.70 Å². The minimum Gasteiger partial charge on any atom is -0.481 e. The Morgan fingerprint density at radius 3 is 2.38 bits per heavy atom. The number of carbonyl (C=O) groups excluding carboxylic acids is 1. The molecular weight excluding hydrogens is 645 g/mol. The molecule has 0 bridgehead atoms. The van der Waals surface area contributed by atoms with Gasteiger partial charge in [0.15, 0.2) is 10.6 Å². The van der Waals surface area contributed by atoms with Gasteiger partial charge in [0.2, 0.25) is 5.91 Å². The highest BCUT2D eigenvalue weighted by Gasteiger charge is 2.38. The van der Waals surface area contributed by atoms with Crippen molar-refractivity contribution < 1.29 is 29.3 Å². The summed E-state index contributed by atoms with van der Waals surface area (Å²) in [6.07, 6.45) is -0.442. The number of carboxylic acids is 1. The van der Waals surface area contributed by atoms with Gasteiger partial charge >= 0.3 is 5.97 Å². The highest BCUT2D eigenvalue weighted by atomic mass is 32.2. The Kier molecular flexibility index (Phi) is 11.2. The third kappa shape index (κ3) is 8.32. The van der Waals surface area contributed by atoms with Gasteiger partial charge in [-0.1, -0.05) is 104 Å². The molecule has 0 saturated carbocycles. The Bertz CT molecular complexity index is 1810. The number of ether oxygens (including phenoxy) is 2. The van der Waals surface area contributed by atoms with E-state index >= 15 is 0 Å². The van der Waals surface area contributed by atoms with E-state index in [0.717, 1.165) is 49.0 Å². The Morgan fingerprint density at radius 2 is 1.62 bits per heavy atom. The molecule has 5 aromatic rings. The summed E-state index contributed by atoms with van der Waals surface area (Å²) in [4.78, 5) is 27.9. The number of para-hydroxylation sites is 1. The number of thioether (sulfide) groups is 1. The summed E-state index contributed by atoms with van der Waals surface area (Å²) in [6, 6.07) is 32.2. The monoisotopic (exact) mass is 682 g/mol. The molecule has 1 fully saturated rings. The van der Waals surface area contributed by atoms with Crippen molar-refractivity contribution in [2.75, 3.05) is 5.75 Å². The quantitative estimate of drug-likeness (QED) is 0.107. The molecular formula is C38H38N2O6S2. The number of fused-ring (bicyclic) bond motifs is 1. The number of thiazole rings is 1. The van der Waals surface area contributed by atoms with E-state index in [9.17, 15) is 14.7 Å². The van der Waals surface area contributed by atoms with Gasteiger partial charge in [0, 0.05) is 36.6 Å². The number of hydrogen-bond donors (Lipinski definition) is 3. The number of carbonyl (C=O) groups is 2. The predicted molar refractivity (Wildman–Crippen MR) is 189 cm³/mol. The van der Waals surface area contributed by atoms with Gasteiger partial charge in [-0.25, -0.2) is 4.98 Å². The van der Waals surface area contributed by atoms with Gasteiger partial charge in [-0.15, -0.1) is 11.3 Å². The molecule has 2 heterocycles. The normalized spacial score (nSPS) is 19.3. The number of aliphatic hydroxyl groups is 1. The fourth-order valence-electron chi connectivity index (χ4n) is 5.83. The van der Waals surface area contributed by atoms with E-state index < -0.39 is 12.3 Å². The number of hydrogen-bond acceptors (Lipinski definition) is 8. The average molecular weight is 683 g/mol. The van der Waals surface area contributed by atoms with Gasteiger partial charge < -0.3 is 25.0 Å². The first kappa shape index (κ1) is 33.8. The van der Waals surface area contributed by atoms with Crippen LogP contribution in [0.15, 0.2) is 101 Å². The largest absolute Gasteiger partial charge is 0.481 e. The summed E-state index contributed by atoms with van der Waals surface area (Å²) < 4.78 is 15.5. The number of aromatic nitrogens is 1. The fourth-order valence-corrected chi connectivity index (χ4v) is 8.09. The molecule has 1 saturated heterocycles. The van der Waals surface area contributed by atoms with Crippen LogP contribution in [0.3, 0.4) is 0 Å². The Hall–Kier alpha value is -4.06. The third-order valence-electron chi connectivity index (χ3n) is 8.55. The van der Waals surface area contributed by atoms with Gasteiger partial charge in [0.1, 0.15) is 0 Å². The van der Waals surface area contributed by atoms with Crippen LogP contribution in [0.25, 0.3) is 21.3 Å². The number of aliphatic carboxylic acids is 1. The van der Waals surface area contributed by atoms with Gasteiger partial charge in [0.05, 0.1) is 29.0 Å². The fraction of sp³-hybridized carbons (Fsp3) is 0.289. The van der Waals surface area contributed by atoms with Crippen LogP contribution in [0.1, 0.15) is 60.8 Å². The average Bonchev–Trinajstić information content (AvgIpc) is 3.54. The van der Waals surface area contributed by atoms with E-state index in [1.54, 1.807) is 23.1 Å². The Morgan fingerprint density at radius 1 is 0.896 bits per heavy atom. The number of nitrogens with one attached hydrogen (secondary N) is 1. The lowest BCUT2D eigenvalue weighted by atomic mass is 9.91. The van der Waals surface area contributed by atoms with Crippen molar-refractivity contribution in [3.05, 3.63) is 119 Å². The summed E-state index contributed by atoms with van der Waals surface area (Å²) in [5, 5.41) is 21.3. The number of aliphatic hydroxyl groups excluding tert-OH is 1. The van der Waals surface area contributed by atoms with Crippen molar-refractivity contribution >= 4 is 45.2 Å². The van der Waals surface area contributed by atoms with Crippen LogP contribution < -0.4 is 5.32 Å². The van der Waals surface area contributed by atoms with Gasteiger partial charge in [-0.3, -0.25) is 9.59 Å². The molecule has 0 aliphatic carbocycles. The molecule has 0 spiro atoms. The summed E-state index contributed by atoms with van der Waals surface area (Å²) >= 11 is 3.40. The lowest BCUT2D eigenvalue weighted by Crippen LogP contribution is -2.38. The molecule has 0 radical (unpaired) electrons. The highest BCUT2D eigenvalue weighted by Crippen LogP contribution is 2.44. The van der Waals surface area contributed by atoms with E-state index in [4.69, 9.17) is 19.6 Å². The first-order valence-electron chi connectivity index (χ1n) is 16.0. The topological polar surface area (TPSA) is 118 Å². The smallest absolute Gasteiger partial charge is 0.303 e. The second kappa shape index (κ2) is 15.9. The number of benzene rings is 4. The van der Waals surface area contributed by atoms with E-state index in [0.29, 0.717) is 13.0 Å². The molecule has 4 aromatic carbocycles. The van der Waals surface area contributed by atoms with Crippen LogP contribution in [-0.4, -0.2) is 38.9 Å². The molecule has 4 atom stereocenters. The molecule has 10 heteroatoms. The minimum absolute atomic E-state index is 0.0107. The van der Waals surface area contributed by atoms with E-state index in [-0.39, 0.29) is 43.5 Å².